The third-order valence-electron chi connectivity index (χ3n) is 15.4. The van der Waals surface area contributed by atoms with Crippen molar-refractivity contribution in [2.75, 3.05) is 4.90 Å². The average molecular weight is 976 g/mol. The summed E-state index contributed by atoms with van der Waals surface area (Å²) >= 11 is 1.87. The Labute approximate surface area is 439 Å². The van der Waals surface area contributed by atoms with E-state index in [1.54, 1.807) is 0 Å². The van der Waals surface area contributed by atoms with Gasteiger partial charge in [-0.2, -0.15) is 0 Å². The second kappa shape index (κ2) is 17.4. The molecule has 1 aliphatic heterocycles. The normalized spacial score (nSPS) is 12.9. The van der Waals surface area contributed by atoms with Crippen LogP contribution >= 0.6 is 11.8 Å². The maximum atomic E-state index is 7.05. The SMILES string of the molecule is c1ccc(-c2ccccc2-c2c(-c3cccc(N(c4cccc(-c5c(-c6ccccc6)oc6ccccc56)c4)c4ccc5c(c4)C4(c6ccccc6Sc6ccccc64)c4ccccc4-5)c3)oc3ccccc23)cc1. The molecule has 2 aromatic heterocycles. The minimum Gasteiger partial charge on any atom is -0.455 e. The van der Waals surface area contributed by atoms with Gasteiger partial charge in [0.05, 0.1) is 5.41 Å². The van der Waals surface area contributed by atoms with Crippen LogP contribution in [0.4, 0.5) is 17.1 Å². The van der Waals surface area contributed by atoms with Crippen LogP contribution < -0.4 is 4.90 Å². The summed E-state index contributed by atoms with van der Waals surface area (Å²) in [5.41, 5.74) is 20.5. The first-order chi connectivity index (χ1) is 37.2. The molecule has 0 unspecified atom stereocenters. The number of fused-ring (bicyclic) bond motifs is 11. The van der Waals surface area contributed by atoms with Crippen LogP contribution in [-0.4, -0.2) is 0 Å². The summed E-state index contributed by atoms with van der Waals surface area (Å²) in [6.07, 6.45) is 0. The highest BCUT2D eigenvalue weighted by Gasteiger charge is 2.50. The lowest BCUT2D eigenvalue weighted by Crippen LogP contribution is -2.32. The zero-order chi connectivity index (χ0) is 49.5. The Morgan fingerprint density at radius 1 is 0.293 bits per heavy atom. The average Bonchev–Trinajstić information content (AvgIpc) is 4.32. The van der Waals surface area contributed by atoms with Crippen LogP contribution in [-0.2, 0) is 5.41 Å². The molecule has 0 bridgehead atoms. The summed E-state index contributed by atoms with van der Waals surface area (Å²) in [6, 6.07) is 98.7. The molecule has 3 nitrogen and oxygen atoms in total. The van der Waals surface area contributed by atoms with Gasteiger partial charge in [-0.3, -0.25) is 0 Å². The van der Waals surface area contributed by atoms with E-state index in [0.29, 0.717) is 0 Å². The van der Waals surface area contributed by atoms with Gasteiger partial charge in [-0.25, -0.2) is 0 Å². The smallest absolute Gasteiger partial charge is 0.143 e. The molecule has 11 aromatic carbocycles. The molecule has 4 heteroatoms. The van der Waals surface area contributed by atoms with Crippen LogP contribution in [0.5, 0.6) is 0 Å². The molecule has 0 N–H and O–H groups in total. The van der Waals surface area contributed by atoms with Crippen molar-refractivity contribution in [2.45, 2.75) is 15.2 Å². The second-order valence-electron chi connectivity index (χ2n) is 19.4. The quantitative estimate of drug-likeness (QED) is 0.152. The molecule has 1 aliphatic carbocycles. The Morgan fingerprint density at radius 3 is 1.44 bits per heavy atom. The highest BCUT2D eigenvalue weighted by atomic mass is 32.2. The van der Waals surface area contributed by atoms with E-state index < -0.39 is 5.41 Å². The summed E-state index contributed by atoms with van der Waals surface area (Å²) in [5.74, 6) is 1.67. The van der Waals surface area contributed by atoms with Gasteiger partial charge in [-0.15, -0.1) is 0 Å². The topological polar surface area (TPSA) is 29.5 Å². The van der Waals surface area contributed by atoms with Gasteiger partial charge >= 0.3 is 0 Å². The summed E-state index contributed by atoms with van der Waals surface area (Å²) in [5, 5.41) is 2.14. The highest BCUT2D eigenvalue weighted by molar-refractivity contribution is 7.99. The monoisotopic (exact) mass is 975 g/mol. The fourth-order valence-corrected chi connectivity index (χ4v) is 13.4. The van der Waals surface area contributed by atoms with Gasteiger partial charge in [-0.05, 0) is 116 Å². The van der Waals surface area contributed by atoms with Gasteiger partial charge < -0.3 is 13.7 Å². The lowest BCUT2D eigenvalue weighted by Gasteiger charge is -2.40. The van der Waals surface area contributed by atoms with Crippen molar-refractivity contribution in [1.29, 1.82) is 0 Å². The third-order valence-corrected chi connectivity index (χ3v) is 16.5. The van der Waals surface area contributed by atoms with Crippen molar-refractivity contribution in [3.05, 3.63) is 295 Å². The van der Waals surface area contributed by atoms with E-state index in [-0.39, 0.29) is 0 Å². The molecule has 352 valence electrons. The summed E-state index contributed by atoms with van der Waals surface area (Å²) in [6.45, 7) is 0. The van der Waals surface area contributed by atoms with E-state index >= 15 is 0 Å². The second-order valence-corrected chi connectivity index (χ2v) is 20.5. The minimum atomic E-state index is -0.550. The number of nitrogens with zero attached hydrogens (tertiary/aromatic N) is 1. The molecule has 75 heavy (non-hydrogen) atoms. The van der Waals surface area contributed by atoms with Crippen molar-refractivity contribution in [1.82, 2.24) is 0 Å². The number of hydrogen-bond donors (Lipinski definition) is 0. The van der Waals surface area contributed by atoms with Crippen molar-refractivity contribution >= 4 is 50.8 Å². The largest absolute Gasteiger partial charge is 0.455 e. The van der Waals surface area contributed by atoms with Crippen LogP contribution in [0.3, 0.4) is 0 Å². The van der Waals surface area contributed by atoms with Crippen molar-refractivity contribution in [2.24, 2.45) is 0 Å². The number of rotatable bonds is 8. The van der Waals surface area contributed by atoms with E-state index in [2.05, 4.69) is 272 Å². The number of hydrogen-bond acceptors (Lipinski definition) is 4. The third kappa shape index (κ3) is 6.77. The molecule has 0 saturated carbocycles. The lowest BCUT2D eigenvalue weighted by atomic mass is 9.67. The van der Waals surface area contributed by atoms with Gasteiger partial charge in [0.25, 0.3) is 0 Å². The Balaban J connectivity index is 0.979. The zero-order valence-corrected chi connectivity index (χ0v) is 41.5. The van der Waals surface area contributed by atoms with E-state index in [1.807, 2.05) is 17.8 Å². The van der Waals surface area contributed by atoms with Crippen molar-refractivity contribution in [3.63, 3.8) is 0 Å². The van der Waals surface area contributed by atoms with Crippen LogP contribution in [0.1, 0.15) is 22.3 Å². The van der Waals surface area contributed by atoms with Crippen molar-refractivity contribution < 1.29 is 8.83 Å². The predicted octanol–water partition coefficient (Wildman–Crippen LogP) is 19.8. The first-order valence-corrected chi connectivity index (χ1v) is 26.4. The van der Waals surface area contributed by atoms with Crippen LogP contribution in [0, 0.1) is 0 Å². The highest BCUT2D eigenvalue weighted by Crippen LogP contribution is 2.63. The standard InChI is InChI=1S/C71H45NO2S/c1-3-21-46(22-4-1)53-29-7-8-31-56(53)68-58-33-11-16-38-64(58)74-70(68)49-26-20-28-51(44-49)72(50-27-19-25-48(43-50)67-57-32-10-15-37-63(57)73-69(67)47-23-5-2-6-24-47)52-41-42-55-54-30-9-12-34-59(54)71(62(55)45-52)60-35-13-17-39-65(60)75-66-40-18-14-36-61(66)71/h1-45H. The van der Waals surface area contributed by atoms with Gasteiger partial charge in [0.2, 0.25) is 0 Å². The van der Waals surface area contributed by atoms with Crippen LogP contribution in [0.2, 0.25) is 0 Å². The number of anilines is 3. The molecule has 2 aliphatic rings. The Kier molecular flexibility index (Phi) is 10.0. The number of benzene rings is 11. The molecular weight excluding hydrogens is 931 g/mol. The zero-order valence-electron chi connectivity index (χ0n) is 40.7. The predicted molar refractivity (Wildman–Crippen MR) is 309 cm³/mol. The fraction of sp³-hybridized carbons (Fsp3) is 0.0141. The van der Waals surface area contributed by atoms with Gasteiger partial charge in [0.1, 0.15) is 22.7 Å². The van der Waals surface area contributed by atoms with Crippen LogP contribution in [0.25, 0.3) is 89.1 Å². The molecular formula is C71H45NO2S. The maximum Gasteiger partial charge on any atom is 0.143 e. The van der Waals surface area contributed by atoms with E-state index in [9.17, 15) is 0 Å². The van der Waals surface area contributed by atoms with Gasteiger partial charge in [0.15, 0.2) is 0 Å². The van der Waals surface area contributed by atoms with E-state index in [4.69, 9.17) is 8.83 Å². The van der Waals surface area contributed by atoms with Gasteiger partial charge in [0, 0.05) is 59.9 Å². The van der Waals surface area contributed by atoms with E-state index in [1.165, 1.54) is 43.2 Å². The number of furan rings is 2. The molecule has 13 aromatic rings. The molecule has 0 fully saturated rings. The molecule has 15 rings (SSSR count). The fourth-order valence-electron chi connectivity index (χ4n) is 12.2. The Hall–Kier alpha value is -9.35. The maximum absolute atomic E-state index is 7.05. The van der Waals surface area contributed by atoms with Gasteiger partial charge in [-0.1, -0.05) is 224 Å². The Morgan fingerprint density at radius 2 is 0.760 bits per heavy atom. The van der Waals surface area contributed by atoms with E-state index in [0.717, 1.165) is 95.0 Å². The first kappa shape index (κ1) is 43.3. The molecule has 0 saturated heterocycles. The molecule has 0 radical (unpaired) electrons. The first-order valence-electron chi connectivity index (χ1n) is 25.6. The molecule has 1 spiro atoms. The molecule has 3 heterocycles. The number of para-hydroxylation sites is 2. The Bertz CT molecular complexity index is 4310. The molecule has 0 atom stereocenters. The summed E-state index contributed by atoms with van der Waals surface area (Å²) < 4.78 is 13.8. The van der Waals surface area contributed by atoms with Crippen molar-refractivity contribution in [3.8, 4) is 67.2 Å². The summed E-state index contributed by atoms with van der Waals surface area (Å²) in [7, 11) is 0. The lowest BCUT2D eigenvalue weighted by molar-refractivity contribution is 0.632. The molecule has 0 amide bonds. The summed E-state index contributed by atoms with van der Waals surface area (Å²) in [4.78, 5) is 4.99. The minimum absolute atomic E-state index is 0.550. The van der Waals surface area contributed by atoms with Crippen LogP contribution in [0.15, 0.2) is 292 Å².